The normalized spacial score (nSPS) is 11.8. The van der Waals surface area contributed by atoms with E-state index in [1.165, 1.54) is 95.8 Å². The van der Waals surface area contributed by atoms with Crippen molar-refractivity contribution < 1.29 is 0 Å². The summed E-state index contributed by atoms with van der Waals surface area (Å²) in [5, 5.41) is 9.02. The number of nitrogens with zero attached hydrogens (tertiary/aromatic N) is 2. The van der Waals surface area contributed by atoms with E-state index in [1.807, 2.05) is 22.7 Å². The van der Waals surface area contributed by atoms with Crippen LogP contribution in [0.15, 0.2) is 206 Å². The highest BCUT2D eigenvalue weighted by Crippen LogP contribution is 2.48. The molecule has 0 bridgehead atoms. The van der Waals surface area contributed by atoms with Crippen LogP contribution in [0.2, 0.25) is 0 Å². The van der Waals surface area contributed by atoms with Crippen molar-refractivity contribution in [3.05, 3.63) is 206 Å². The van der Waals surface area contributed by atoms with Crippen LogP contribution in [0, 0.1) is 0 Å². The number of rotatable bonds is 6. The van der Waals surface area contributed by atoms with Crippen molar-refractivity contribution >= 4 is 102 Å². The second kappa shape index (κ2) is 13.3. The second-order valence-corrected chi connectivity index (χ2v) is 17.0. The van der Waals surface area contributed by atoms with Gasteiger partial charge in [0.15, 0.2) is 0 Å². The number of anilines is 3. The van der Waals surface area contributed by atoms with Gasteiger partial charge in [-0.3, -0.25) is 0 Å². The van der Waals surface area contributed by atoms with Crippen molar-refractivity contribution in [2.75, 3.05) is 4.90 Å². The van der Waals surface area contributed by atoms with Gasteiger partial charge in [0, 0.05) is 53.4 Å². The molecular weight excluding hydrogens is 741 g/mol. The molecule has 0 radical (unpaired) electrons. The molecule has 0 aliphatic carbocycles. The van der Waals surface area contributed by atoms with Crippen molar-refractivity contribution in [2.45, 2.75) is 0 Å². The number of thiophene rings is 2. The molecule has 0 fully saturated rings. The summed E-state index contributed by atoms with van der Waals surface area (Å²) in [7, 11) is 0. The first-order chi connectivity index (χ1) is 28.8. The van der Waals surface area contributed by atoms with Crippen LogP contribution >= 0.6 is 22.7 Å². The van der Waals surface area contributed by atoms with Gasteiger partial charge in [-0.05, 0) is 99.8 Å². The zero-order valence-electron chi connectivity index (χ0n) is 31.3. The fourth-order valence-electron chi connectivity index (χ4n) is 8.90. The number of fused-ring (bicyclic) bond motifs is 9. The summed E-state index contributed by atoms with van der Waals surface area (Å²) in [6.45, 7) is 0. The van der Waals surface area contributed by atoms with E-state index in [0.29, 0.717) is 0 Å². The highest BCUT2D eigenvalue weighted by Gasteiger charge is 2.22. The Labute approximate surface area is 343 Å². The van der Waals surface area contributed by atoms with E-state index in [4.69, 9.17) is 0 Å². The lowest BCUT2D eigenvalue weighted by atomic mass is 9.98. The van der Waals surface area contributed by atoms with Crippen LogP contribution in [0.25, 0.3) is 90.1 Å². The molecular formula is C54H34N2S2. The summed E-state index contributed by atoms with van der Waals surface area (Å²) < 4.78 is 6.31. The van der Waals surface area contributed by atoms with Crippen LogP contribution in [0.1, 0.15) is 0 Å². The van der Waals surface area contributed by atoms with Gasteiger partial charge in [0.25, 0.3) is 0 Å². The molecule has 58 heavy (non-hydrogen) atoms. The van der Waals surface area contributed by atoms with Crippen LogP contribution in [0.4, 0.5) is 17.1 Å². The number of hydrogen-bond acceptors (Lipinski definition) is 3. The van der Waals surface area contributed by atoms with Gasteiger partial charge < -0.3 is 9.47 Å². The Balaban J connectivity index is 1.01. The maximum atomic E-state index is 2.43. The summed E-state index contributed by atoms with van der Waals surface area (Å²) in [5.74, 6) is 0. The lowest BCUT2D eigenvalue weighted by Gasteiger charge is -2.26. The van der Waals surface area contributed by atoms with Crippen LogP contribution in [-0.2, 0) is 0 Å². The molecule has 0 amide bonds. The van der Waals surface area contributed by atoms with Crippen molar-refractivity contribution in [2.24, 2.45) is 0 Å². The zero-order valence-corrected chi connectivity index (χ0v) is 33.0. The molecule has 12 aromatic rings. The minimum Gasteiger partial charge on any atom is -0.309 e. The van der Waals surface area contributed by atoms with Gasteiger partial charge >= 0.3 is 0 Å². The molecule has 0 aliphatic rings. The Morgan fingerprint density at radius 2 is 1.03 bits per heavy atom. The average molecular weight is 775 g/mol. The molecule has 2 nitrogen and oxygen atoms in total. The van der Waals surface area contributed by atoms with E-state index < -0.39 is 0 Å². The lowest BCUT2D eigenvalue weighted by Crippen LogP contribution is -2.10. The minimum absolute atomic E-state index is 1.12. The molecule has 9 aromatic carbocycles. The quantitative estimate of drug-likeness (QED) is 0.163. The Hall–Kier alpha value is -6.98. The van der Waals surface area contributed by atoms with Crippen LogP contribution in [0.3, 0.4) is 0 Å². The summed E-state index contributed by atoms with van der Waals surface area (Å²) in [5.41, 5.74) is 10.7. The monoisotopic (exact) mass is 774 g/mol. The molecule has 0 unspecified atom stereocenters. The van der Waals surface area contributed by atoms with Crippen LogP contribution in [0.5, 0.6) is 0 Å². The molecule has 3 heterocycles. The summed E-state index contributed by atoms with van der Waals surface area (Å²) in [6.07, 6.45) is 0. The van der Waals surface area contributed by atoms with Crippen molar-refractivity contribution in [1.29, 1.82) is 0 Å². The molecule has 0 N–H and O–H groups in total. The van der Waals surface area contributed by atoms with Gasteiger partial charge in [0.2, 0.25) is 0 Å². The fraction of sp³-hybridized carbons (Fsp3) is 0. The first-order valence-electron chi connectivity index (χ1n) is 19.7. The zero-order chi connectivity index (χ0) is 38.2. The molecule has 3 aromatic heterocycles. The van der Waals surface area contributed by atoms with Crippen molar-refractivity contribution in [1.82, 2.24) is 4.57 Å². The smallest absolute Gasteiger partial charge is 0.109 e. The molecule has 0 saturated heterocycles. The van der Waals surface area contributed by atoms with Gasteiger partial charge in [0.1, 0.15) is 4.83 Å². The van der Waals surface area contributed by atoms with E-state index in [9.17, 15) is 0 Å². The van der Waals surface area contributed by atoms with Crippen molar-refractivity contribution in [3.63, 3.8) is 0 Å². The highest BCUT2D eigenvalue weighted by atomic mass is 32.1. The summed E-state index contributed by atoms with van der Waals surface area (Å²) >= 11 is 3.75. The first-order valence-corrected chi connectivity index (χ1v) is 21.3. The second-order valence-electron chi connectivity index (χ2n) is 14.9. The van der Waals surface area contributed by atoms with Crippen molar-refractivity contribution in [3.8, 4) is 27.9 Å². The van der Waals surface area contributed by atoms with Gasteiger partial charge in [0.05, 0.1) is 15.9 Å². The number of aromatic nitrogens is 1. The SMILES string of the molecule is c1ccc(-n2c3ccccc3c3c4c(-c5ccc(N(c6ccc(-c7ccc8ccccc8c7)cc6)c6cccc7c6sc6ccccc67)cc5)cccc4sc32)cc1. The van der Waals surface area contributed by atoms with Gasteiger partial charge in [-0.25, -0.2) is 0 Å². The number of hydrogen-bond donors (Lipinski definition) is 0. The predicted octanol–water partition coefficient (Wildman–Crippen LogP) is 16.3. The molecule has 4 heteroatoms. The number of para-hydroxylation sites is 2. The molecule has 0 atom stereocenters. The minimum atomic E-state index is 1.12. The third-order valence-corrected chi connectivity index (χ3v) is 13.9. The molecule has 0 spiro atoms. The van der Waals surface area contributed by atoms with E-state index in [2.05, 4.69) is 216 Å². The third kappa shape index (κ3) is 5.23. The summed E-state index contributed by atoms with van der Waals surface area (Å²) in [4.78, 5) is 3.71. The van der Waals surface area contributed by atoms with Crippen LogP contribution < -0.4 is 4.90 Å². The Morgan fingerprint density at radius 1 is 0.397 bits per heavy atom. The topological polar surface area (TPSA) is 8.17 Å². The third-order valence-electron chi connectivity index (χ3n) is 11.6. The average Bonchev–Trinajstić information content (AvgIpc) is 3.96. The Kier molecular flexibility index (Phi) is 7.62. The number of benzene rings is 9. The van der Waals surface area contributed by atoms with E-state index in [1.54, 1.807) is 0 Å². The molecule has 0 aliphatic heterocycles. The van der Waals surface area contributed by atoms with Crippen LogP contribution in [-0.4, -0.2) is 4.57 Å². The maximum absolute atomic E-state index is 2.43. The molecule has 0 saturated carbocycles. The molecule has 272 valence electrons. The Morgan fingerprint density at radius 3 is 1.86 bits per heavy atom. The maximum Gasteiger partial charge on any atom is 0.109 e. The molecule has 12 rings (SSSR count). The summed E-state index contributed by atoms with van der Waals surface area (Å²) in [6, 6.07) is 75.5. The Bertz CT molecular complexity index is 3500. The first kappa shape index (κ1) is 33.2. The van der Waals surface area contributed by atoms with Gasteiger partial charge in [-0.2, -0.15) is 0 Å². The van der Waals surface area contributed by atoms with E-state index >= 15 is 0 Å². The van der Waals surface area contributed by atoms with E-state index in [0.717, 1.165) is 11.4 Å². The fourth-order valence-corrected chi connectivity index (χ4v) is 11.4. The highest BCUT2D eigenvalue weighted by molar-refractivity contribution is 7.26. The predicted molar refractivity (Wildman–Crippen MR) is 252 cm³/mol. The largest absolute Gasteiger partial charge is 0.309 e. The van der Waals surface area contributed by atoms with Gasteiger partial charge in [-0.15, -0.1) is 22.7 Å². The standard InChI is InChI=1S/C54H34N2S2/c1-2-14-40(15-3-1)56-47-20-8-6-17-46(47)52-51-43(18-11-23-50(51)58-54(52)56)37-28-32-42(33-29-37)55(48-21-10-19-45-44-16-7-9-22-49(44)57-53(45)48)41-30-26-36(27-31-41)39-25-24-35-12-4-5-13-38(35)34-39/h1-34H. The van der Waals surface area contributed by atoms with Gasteiger partial charge in [-0.1, -0.05) is 140 Å². The van der Waals surface area contributed by atoms with E-state index in [-0.39, 0.29) is 0 Å². The lowest BCUT2D eigenvalue weighted by molar-refractivity contribution is 1.19.